The Morgan fingerprint density at radius 2 is 1.97 bits per heavy atom. The number of anilines is 2. The van der Waals surface area contributed by atoms with E-state index >= 15 is 0 Å². The Kier molecular flexibility index (Phi) is 6.53. The zero-order chi connectivity index (χ0) is 26.5. The molecule has 1 aliphatic rings. The first-order chi connectivity index (χ1) is 17.5. The molecule has 3 aromatic heterocycles. The summed E-state index contributed by atoms with van der Waals surface area (Å²) >= 11 is 8.44. The van der Waals surface area contributed by atoms with Crippen LogP contribution in [0.2, 0.25) is 5.02 Å². The van der Waals surface area contributed by atoms with Crippen LogP contribution < -0.4 is 5.32 Å². The van der Waals surface area contributed by atoms with Crippen molar-refractivity contribution in [2.45, 2.75) is 51.5 Å². The van der Waals surface area contributed by atoms with Gasteiger partial charge < -0.3 is 10.1 Å². The van der Waals surface area contributed by atoms with Crippen molar-refractivity contribution in [1.82, 2.24) is 19.3 Å². The predicted molar refractivity (Wildman–Crippen MR) is 151 cm³/mol. The fraction of sp³-hybridized carbons (Fsp3) is 0.333. The average molecular weight is 537 g/mol. The molecule has 37 heavy (non-hydrogen) atoms. The first kappa shape index (κ1) is 25.4. The van der Waals surface area contributed by atoms with Crippen LogP contribution >= 0.6 is 23.4 Å². The van der Waals surface area contributed by atoms with Gasteiger partial charge in [-0.15, -0.1) is 11.8 Å². The minimum absolute atomic E-state index is 0.207. The quantitative estimate of drug-likeness (QED) is 0.296. The second-order valence-corrected chi connectivity index (χ2v) is 11.9. The van der Waals surface area contributed by atoms with Gasteiger partial charge in [0.1, 0.15) is 11.4 Å². The molecule has 0 spiro atoms. The van der Waals surface area contributed by atoms with Crippen molar-refractivity contribution in [3.8, 4) is 11.3 Å². The molecule has 2 unspecified atom stereocenters. The summed E-state index contributed by atoms with van der Waals surface area (Å²) in [6.45, 7) is 9.69. The van der Waals surface area contributed by atoms with Gasteiger partial charge in [0.15, 0.2) is 0 Å². The third-order valence-electron chi connectivity index (χ3n) is 5.97. The van der Waals surface area contributed by atoms with Crippen LogP contribution in [0.4, 0.5) is 16.3 Å². The van der Waals surface area contributed by atoms with E-state index < -0.39 is 11.7 Å². The number of rotatable bonds is 4. The van der Waals surface area contributed by atoms with Gasteiger partial charge in [-0.05, 0) is 58.4 Å². The second kappa shape index (κ2) is 9.54. The van der Waals surface area contributed by atoms with E-state index in [9.17, 15) is 4.79 Å². The van der Waals surface area contributed by atoms with Crippen LogP contribution in [0.25, 0.3) is 22.2 Å². The summed E-state index contributed by atoms with van der Waals surface area (Å²) in [6, 6.07) is 9.96. The number of aryl methyl sites for hydroxylation is 1. The summed E-state index contributed by atoms with van der Waals surface area (Å²) in [7, 11) is 1.84. The molecule has 5 rings (SSSR count). The van der Waals surface area contributed by atoms with E-state index in [-0.39, 0.29) is 11.3 Å². The molecule has 0 aliphatic carbocycles. The standard InChI is InChI=1S/C27H29ClN6O2S/c1-15-25(37-16(2)31-15)17-7-8-21(20(28)9-17)32-24-11-23-18(12-29-24)10-22(19-13-30-33(6)14-19)34(23)26(35)36-27(3,4)5/h7-15,25H,1-6H3,(H,29,32). The van der Waals surface area contributed by atoms with Crippen molar-refractivity contribution in [3.05, 3.63) is 59.5 Å². The van der Waals surface area contributed by atoms with Crippen molar-refractivity contribution in [2.75, 3.05) is 5.32 Å². The molecule has 0 amide bonds. The lowest BCUT2D eigenvalue weighted by molar-refractivity contribution is 0.0547. The minimum atomic E-state index is -0.651. The second-order valence-electron chi connectivity index (χ2n) is 10.2. The highest BCUT2D eigenvalue weighted by atomic mass is 35.5. The lowest BCUT2D eigenvalue weighted by atomic mass is 10.1. The topological polar surface area (TPSA) is 86.3 Å². The van der Waals surface area contributed by atoms with Gasteiger partial charge in [0.2, 0.25) is 0 Å². The van der Waals surface area contributed by atoms with Gasteiger partial charge >= 0.3 is 6.09 Å². The Hall–Kier alpha value is -3.30. The first-order valence-corrected chi connectivity index (χ1v) is 13.3. The Balaban J connectivity index is 1.50. The van der Waals surface area contributed by atoms with E-state index in [1.807, 2.05) is 65.2 Å². The van der Waals surface area contributed by atoms with Gasteiger partial charge in [-0.3, -0.25) is 9.67 Å². The lowest BCUT2D eigenvalue weighted by Gasteiger charge is -2.21. The van der Waals surface area contributed by atoms with Crippen LogP contribution in [0.1, 0.15) is 45.4 Å². The molecule has 0 fully saturated rings. The molecule has 0 saturated carbocycles. The average Bonchev–Trinajstić information content (AvgIpc) is 3.49. The van der Waals surface area contributed by atoms with E-state index in [0.29, 0.717) is 22.1 Å². The Morgan fingerprint density at radius 1 is 1.19 bits per heavy atom. The molecule has 1 aromatic carbocycles. The zero-order valence-corrected chi connectivity index (χ0v) is 23.2. The summed E-state index contributed by atoms with van der Waals surface area (Å²) in [5.74, 6) is 0.561. The van der Waals surface area contributed by atoms with Gasteiger partial charge in [0.25, 0.3) is 0 Å². The number of pyridine rings is 1. The molecule has 1 aliphatic heterocycles. The van der Waals surface area contributed by atoms with Crippen LogP contribution in [-0.4, -0.2) is 42.1 Å². The first-order valence-electron chi connectivity index (χ1n) is 12.0. The number of hydrogen-bond donors (Lipinski definition) is 1. The summed E-state index contributed by atoms with van der Waals surface area (Å²) < 4.78 is 9.00. The number of fused-ring (bicyclic) bond motifs is 1. The molecule has 10 heteroatoms. The van der Waals surface area contributed by atoms with Crippen LogP contribution in [-0.2, 0) is 11.8 Å². The molecule has 0 bridgehead atoms. The number of hydrogen-bond acceptors (Lipinski definition) is 7. The van der Waals surface area contributed by atoms with Crippen molar-refractivity contribution in [3.63, 3.8) is 0 Å². The largest absolute Gasteiger partial charge is 0.443 e. The zero-order valence-electron chi connectivity index (χ0n) is 21.6. The normalized spacial score (nSPS) is 17.8. The molecule has 8 nitrogen and oxygen atoms in total. The van der Waals surface area contributed by atoms with Gasteiger partial charge in [-0.2, -0.15) is 5.10 Å². The predicted octanol–water partition coefficient (Wildman–Crippen LogP) is 7.21. The van der Waals surface area contributed by atoms with Crippen LogP contribution in [0.15, 0.2) is 53.9 Å². The summed E-state index contributed by atoms with van der Waals surface area (Å²) in [6.07, 6.45) is 4.84. The smallest absolute Gasteiger partial charge is 0.419 e. The molecular formula is C27H29ClN6O2S. The lowest BCUT2D eigenvalue weighted by Crippen LogP contribution is -2.27. The van der Waals surface area contributed by atoms with Gasteiger partial charge in [0.05, 0.1) is 44.5 Å². The minimum Gasteiger partial charge on any atom is -0.443 e. The molecule has 2 atom stereocenters. The molecule has 4 heterocycles. The third kappa shape index (κ3) is 5.24. The number of ether oxygens (including phenoxy) is 1. The Labute approximate surface area is 225 Å². The number of carbonyl (C=O) groups is 1. The van der Waals surface area contributed by atoms with Crippen LogP contribution in [0, 0.1) is 0 Å². The molecular weight excluding hydrogens is 508 g/mol. The Morgan fingerprint density at radius 3 is 2.59 bits per heavy atom. The number of carbonyl (C=O) groups excluding carboxylic acids is 1. The monoisotopic (exact) mass is 536 g/mol. The molecule has 4 aromatic rings. The molecule has 1 N–H and O–H groups in total. The summed E-state index contributed by atoms with van der Waals surface area (Å²) in [4.78, 5) is 22.5. The third-order valence-corrected chi connectivity index (χ3v) is 7.65. The summed E-state index contributed by atoms with van der Waals surface area (Å²) in [5.41, 5.74) is 3.37. The van der Waals surface area contributed by atoms with Crippen molar-refractivity contribution >= 4 is 56.9 Å². The van der Waals surface area contributed by atoms with Crippen molar-refractivity contribution < 1.29 is 9.53 Å². The fourth-order valence-corrected chi connectivity index (χ4v) is 5.77. The van der Waals surface area contributed by atoms with Gasteiger partial charge in [0, 0.05) is 36.5 Å². The Bertz CT molecular complexity index is 1530. The van der Waals surface area contributed by atoms with Crippen LogP contribution in [0.3, 0.4) is 0 Å². The van der Waals surface area contributed by atoms with E-state index in [1.54, 1.807) is 33.4 Å². The van der Waals surface area contributed by atoms with Gasteiger partial charge in [-0.1, -0.05) is 17.7 Å². The number of benzene rings is 1. The highest BCUT2D eigenvalue weighted by molar-refractivity contribution is 8.14. The van der Waals surface area contributed by atoms with Crippen molar-refractivity contribution in [1.29, 1.82) is 0 Å². The maximum atomic E-state index is 13.3. The van der Waals surface area contributed by atoms with Crippen molar-refractivity contribution in [2.24, 2.45) is 12.0 Å². The molecule has 0 saturated heterocycles. The number of thioether (sulfide) groups is 1. The number of halogens is 1. The van der Waals surface area contributed by atoms with E-state index in [1.165, 1.54) is 0 Å². The SMILES string of the molecule is CC1=NC(C)C(c2ccc(Nc3cc4c(cn3)cc(-c3cnn(C)c3)n4C(=O)OC(C)(C)C)c(Cl)c2)S1. The number of aromatic nitrogens is 4. The highest BCUT2D eigenvalue weighted by Crippen LogP contribution is 2.42. The maximum absolute atomic E-state index is 13.3. The molecule has 0 radical (unpaired) electrons. The highest BCUT2D eigenvalue weighted by Gasteiger charge is 2.27. The van der Waals surface area contributed by atoms with Crippen LogP contribution in [0.5, 0.6) is 0 Å². The van der Waals surface area contributed by atoms with Gasteiger partial charge in [-0.25, -0.2) is 14.3 Å². The fourth-order valence-electron chi connectivity index (χ4n) is 4.40. The molecule has 192 valence electrons. The van der Waals surface area contributed by atoms with E-state index in [4.69, 9.17) is 16.3 Å². The number of aliphatic imine (C=N–C) groups is 1. The summed E-state index contributed by atoms with van der Waals surface area (Å²) in [5, 5.41) is 10.3. The van der Waals surface area contributed by atoms with E-state index in [2.05, 4.69) is 33.4 Å². The number of nitrogens with zero attached hydrogens (tertiary/aromatic N) is 5. The van der Waals surface area contributed by atoms with E-state index in [0.717, 1.165) is 27.2 Å². The number of nitrogens with one attached hydrogen (secondary N) is 1. The maximum Gasteiger partial charge on any atom is 0.419 e.